The van der Waals surface area contributed by atoms with E-state index in [0.29, 0.717) is 68.9 Å². The van der Waals surface area contributed by atoms with E-state index in [2.05, 4.69) is 15.5 Å². The molecule has 1 aliphatic rings. The van der Waals surface area contributed by atoms with Crippen molar-refractivity contribution in [3.05, 3.63) is 70.4 Å². The Kier molecular flexibility index (Phi) is 8.68. The van der Waals surface area contributed by atoms with Crippen molar-refractivity contribution in [2.75, 3.05) is 32.8 Å². The van der Waals surface area contributed by atoms with Gasteiger partial charge in [-0.2, -0.15) is 10.2 Å². The van der Waals surface area contributed by atoms with Gasteiger partial charge in [0.25, 0.3) is 0 Å². The number of nitrogens with one attached hydrogen (secondary N) is 1. The zero-order valence-corrected chi connectivity index (χ0v) is 21.1. The number of aromatic nitrogens is 4. The topological polar surface area (TPSA) is 121 Å². The normalized spacial score (nSPS) is 13.5. The van der Waals surface area contributed by atoms with Crippen molar-refractivity contribution in [3.63, 3.8) is 0 Å². The lowest BCUT2D eigenvalue weighted by atomic mass is 10.1. The van der Waals surface area contributed by atoms with E-state index in [1.165, 1.54) is 6.07 Å². The first kappa shape index (κ1) is 26.1. The lowest BCUT2D eigenvalue weighted by molar-refractivity contribution is -0.135. The first-order valence-electron chi connectivity index (χ1n) is 12.4. The molecule has 0 atom stereocenters. The maximum Gasteiger partial charge on any atom is 0.412 e. The second-order valence-electron chi connectivity index (χ2n) is 9.26. The Hall–Kier alpha value is -3.99. The molecule has 0 aliphatic carbocycles. The molecule has 0 saturated carbocycles. The molecule has 0 spiro atoms. The lowest BCUT2D eigenvalue weighted by Crippen LogP contribution is -2.40. The van der Waals surface area contributed by atoms with Crippen molar-refractivity contribution < 1.29 is 19.1 Å². The number of carbonyl (C=O) groups is 2. The standard InChI is InChI=1S/C26H32N6O5/c1-19(2)16-27-26(35)37-22-5-3-4-20(14-22)15-23-24(33)6-9-32(29-23)21-17-28-31(18-21)8-7-25(34)30-10-12-36-13-11-30/h3-6,9,14,17-19H,7-8,10-13,15-16H2,1-2H3,(H,27,35). The zero-order valence-electron chi connectivity index (χ0n) is 21.1. The fraction of sp³-hybridized carbons (Fsp3) is 0.423. The van der Waals surface area contributed by atoms with Crippen LogP contribution in [0.5, 0.6) is 5.75 Å². The van der Waals surface area contributed by atoms with Gasteiger partial charge in [-0.05, 0) is 23.6 Å². The van der Waals surface area contributed by atoms with Crippen LogP contribution in [0.1, 0.15) is 31.5 Å². The third kappa shape index (κ3) is 7.50. The van der Waals surface area contributed by atoms with Crippen LogP contribution in [-0.4, -0.2) is 69.3 Å². The van der Waals surface area contributed by atoms with Gasteiger partial charge in [0.05, 0.1) is 25.6 Å². The molecule has 1 N–H and O–H groups in total. The summed E-state index contributed by atoms with van der Waals surface area (Å²) in [5.74, 6) is 0.783. The van der Waals surface area contributed by atoms with Gasteiger partial charge in [-0.25, -0.2) is 9.48 Å². The maximum absolute atomic E-state index is 12.5. The first-order valence-corrected chi connectivity index (χ1v) is 12.4. The van der Waals surface area contributed by atoms with Crippen molar-refractivity contribution in [1.29, 1.82) is 0 Å². The number of benzene rings is 1. The van der Waals surface area contributed by atoms with E-state index in [1.807, 2.05) is 24.8 Å². The molecule has 3 heterocycles. The summed E-state index contributed by atoms with van der Waals surface area (Å²) in [6.07, 6.45) is 5.12. The van der Waals surface area contributed by atoms with E-state index in [-0.39, 0.29) is 17.8 Å². The molecular weight excluding hydrogens is 476 g/mol. The molecule has 0 unspecified atom stereocenters. The first-order chi connectivity index (χ1) is 17.9. The van der Waals surface area contributed by atoms with Crippen molar-refractivity contribution in [2.24, 2.45) is 5.92 Å². The van der Waals surface area contributed by atoms with Gasteiger partial charge >= 0.3 is 6.09 Å². The van der Waals surface area contributed by atoms with Crippen LogP contribution in [0.4, 0.5) is 4.79 Å². The average molecular weight is 509 g/mol. The highest BCUT2D eigenvalue weighted by atomic mass is 16.6. The van der Waals surface area contributed by atoms with E-state index in [9.17, 15) is 14.4 Å². The van der Waals surface area contributed by atoms with Gasteiger partial charge in [0.2, 0.25) is 11.3 Å². The molecule has 3 aromatic rings. The number of nitrogens with zero attached hydrogens (tertiary/aromatic N) is 5. The van der Waals surface area contributed by atoms with Crippen molar-refractivity contribution in [2.45, 2.75) is 33.2 Å². The third-order valence-electron chi connectivity index (χ3n) is 5.82. The number of ether oxygens (including phenoxy) is 2. The molecule has 196 valence electrons. The molecule has 2 aromatic heterocycles. The SMILES string of the molecule is CC(C)CNC(=O)Oc1cccc(Cc2nn(-c3cnn(CCC(=O)N4CCOCC4)c3)ccc2=O)c1. The van der Waals surface area contributed by atoms with Crippen molar-refractivity contribution in [1.82, 2.24) is 29.8 Å². The van der Waals surface area contributed by atoms with Gasteiger partial charge < -0.3 is 19.7 Å². The Morgan fingerprint density at radius 1 is 1.19 bits per heavy atom. The van der Waals surface area contributed by atoms with Crippen LogP contribution in [0, 0.1) is 5.92 Å². The number of carbonyl (C=O) groups excluding carboxylic acids is 2. The Bertz CT molecular complexity index is 1280. The lowest BCUT2D eigenvalue weighted by Gasteiger charge is -2.26. The summed E-state index contributed by atoms with van der Waals surface area (Å²) in [6, 6.07) is 8.48. The van der Waals surface area contributed by atoms with E-state index >= 15 is 0 Å². The van der Waals surface area contributed by atoms with E-state index < -0.39 is 6.09 Å². The second-order valence-corrected chi connectivity index (χ2v) is 9.26. The number of aryl methyl sites for hydroxylation is 1. The van der Waals surface area contributed by atoms with Crippen LogP contribution in [0.25, 0.3) is 5.69 Å². The summed E-state index contributed by atoms with van der Waals surface area (Å²) < 4.78 is 13.9. The maximum atomic E-state index is 12.5. The summed E-state index contributed by atoms with van der Waals surface area (Å²) in [7, 11) is 0. The quantitative estimate of drug-likeness (QED) is 0.469. The Morgan fingerprint density at radius 2 is 2.00 bits per heavy atom. The molecule has 1 aliphatic heterocycles. The van der Waals surface area contributed by atoms with Crippen LogP contribution in [0.15, 0.2) is 53.7 Å². The van der Waals surface area contributed by atoms with Crippen molar-refractivity contribution >= 4 is 12.0 Å². The Labute approximate surface area is 215 Å². The number of rotatable bonds is 9. The summed E-state index contributed by atoms with van der Waals surface area (Å²) in [6.45, 7) is 7.35. The predicted octanol–water partition coefficient (Wildman–Crippen LogP) is 2.01. The molecule has 11 nitrogen and oxygen atoms in total. The van der Waals surface area contributed by atoms with Crippen LogP contribution in [-0.2, 0) is 22.5 Å². The third-order valence-corrected chi connectivity index (χ3v) is 5.82. The van der Waals surface area contributed by atoms with Gasteiger partial charge in [0.1, 0.15) is 17.1 Å². The molecule has 0 bridgehead atoms. The molecular formula is C26H32N6O5. The Balaban J connectivity index is 1.39. The van der Waals surface area contributed by atoms with Gasteiger partial charge in [-0.1, -0.05) is 26.0 Å². The van der Waals surface area contributed by atoms with Crippen LogP contribution in [0.3, 0.4) is 0 Å². The summed E-state index contributed by atoms with van der Waals surface area (Å²) >= 11 is 0. The van der Waals surface area contributed by atoms with Gasteiger partial charge in [0, 0.05) is 51.3 Å². The van der Waals surface area contributed by atoms with Gasteiger partial charge in [-0.3, -0.25) is 14.3 Å². The Morgan fingerprint density at radius 3 is 2.78 bits per heavy atom. The highest BCUT2D eigenvalue weighted by molar-refractivity contribution is 5.76. The molecule has 37 heavy (non-hydrogen) atoms. The molecule has 0 radical (unpaired) electrons. The highest BCUT2D eigenvalue weighted by Crippen LogP contribution is 2.16. The minimum atomic E-state index is -0.519. The smallest absolute Gasteiger partial charge is 0.410 e. The van der Waals surface area contributed by atoms with Crippen LogP contribution < -0.4 is 15.5 Å². The van der Waals surface area contributed by atoms with E-state index in [0.717, 1.165) is 5.56 Å². The monoisotopic (exact) mass is 508 g/mol. The minimum Gasteiger partial charge on any atom is -0.410 e. The molecule has 1 saturated heterocycles. The number of morpholine rings is 1. The molecule has 11 heteroatoms. The number of hydrogen-bond acceptors (Lipinski definition) is 7. The van der Waals surface area contributed by atoms with Crippen LogP contribution >= 0.6 is 0 Å². The van der Waals surface area contributed by atoms with Gasteiger partial charge in [-0.15, -0.1) is 0 Å². The summed E-state index contributed by atoms with van der Waals surface area (Å²) in [5.41, 5.74) is 1.62. The summed E-state index contributed by atoms with van der Waals surface area (Å²) in [5, 5.41) is 11.5. The fourth-order valence-corrected chi connectivity index (χ4v) is 3.83. The average Bonchev–Trinajstić information content (AvgIpc) is 3.37. The van der Waals surface area contributed by atoms with E-state index in [1.54, 1.807) is 46.2 Å². The molecule has 1 aromatic carbocycles. The fourth-order valence-electron chi connectivity index (χ4n) is 3.83. The van der Waals surface area contributed by atoms with E-state index in [4.69, 9.17) is 9.47 Å². The molecule has 4 rings (SSSR count). The van der Waals surface area contributed by atoms with Crippen molar-refractivity contribution in [3.8, 4) is 11.4 Å². The number of hydrogen-bond donors (Lipinski definition) is 1. The highest BCUT2D eigenvalue weighted by Gasteiger charge is 2.17. The van der Waals surface area contributed by atoms with Crippen LogP contribution in [0.2, 0.25) is 0 Å². The predicted molar refractivity (Wildman–Crippen MR) is 136 cm³/mol. The second kappa shape index (κ2) is 12.3. The largest absolute Gasteiger partial charge is 0.412 e. The molecule has 1 fully saturated rings. The minimum absolute atomic E-state index is 0.0766. The van der Waals surface area contributed by atoms with Gasteiger partial charge in [0.15, 0.2) is 0 Å². The zero-order chi connectivity index (χ0) is 26.2. The molecule has 2 amide bonds. The summed E-state index contributed by atoms with van der Waals surface area (Å²) in [4.78, 5) is 38.7. The number of amides is 2.